The van der Waals surface area contributed by atoms with E-state index in [4.69, 9.17) is 4.74 Å². The van der Waals surface area contributed by atoms with Crippen LogP contribution >= 0.6 is 11.3 Å². The minimum Gasteiger partial charge on any atom is -0.497 e. The summed E-state index contributed by atoms with van der Waals surface area (Å²) in [6, 6.07) is 14.1. The average molecular weight is 256 g/mol. The summed E-state index contributed by atoms with van der Waals surface area (Å²) >= 11 is 1.70. The van der Waals surface area contributed by atoms with Crippen LogP contribution in [0, 0.1) is 0 Å². The topological polar surface area (TPSA) is 37.9 Å². The Balaban J connectivity index is 1.97. The van der Waals surface area contributed by atoms with Crippen molar-refractivity contribution in [2.24, 2.45) is 0 Å². The summed E-state index contributed by atoms with van der Waals surface area (Å²) in [7, 11) is 1.67. The van der Waals surface area contributed by atoms with E-state index in [9.17, 15) is 0 Å². The Kier molecular flexibility index (Phi) is 2.86. The van der Waals surface area contributed by atoms with Crippen molar-refractivity contribution in [1.82, 2.24) is 10.2 Å². The van der Waals surface area contributed by atoms with Crippen LogP contribution in [0.3, 0.4) is 0 Å². The quantitative estimate of drug-likeness (QED) is 0.773. The van der Waals surface area contributed by atoms with Gasteiger partial charge in [-0.25, -0.2) is 0 Å². The summed E-state index contributed by atoms with van der Waals surface area (Å²) in [6.07, 6.45) is 0. The highest BCUT2D eigenvalue weighted by Crippen LogP contribution is 2.28. The van der Waals surface area contributed by atoms with Crippen LogP contribution in [0.2, 0.25) is 0 Å². The van der Waals surface area contributed by atoms with E-state index in [-0.39, 0.29) is 0 Å². The van der Waals surface area contributed by atoms with Crippen molar-refractivity contribution in [3.8, 4) is 27.6 Å². The monoisotopic (exact) mass is 256 g/mol. The number of hydrogen-bond acceptors (Lipinski definition) is 3. The first kappa shape index (κ1) is 11.0. The summed E-state index contributed by atoms with van der Waals surface area (Å²) < 4.78 is 5.22. The van der Waals surface area contributed by atoms with Gasteiger partial charge in [-0.2, -0.15) is 5.10 Å². The van der Waals surface area contributed by atoms with Gasteiger partial charge in [-0.05, 0) is 29.6 Å². The molecule has 3 nitrogen and oxygen atoms in total. The van der Waals surface area contributed by atoms with E-state index in [0.29, 0.717) is 0 Å². The molecular weight excluding hydrogens is 244 g/mol. The minimum absolute atomic E-state index is 0.841. The van der Waals surface area contributed by atoms with Crippen LogP contribution in [-0.4, -0.2) is 17.3 Å². The molecule has 1 N–H and O–H groups in total. The van der Waals surface area contributed by atoms with Gasteiger partial charge < -0.3 is 4.74 Å². The Morgan fingerprint density at radius 2 is 2.11 bits per heavy atom. The maximum absolute atomic E-state index is 5.22. The molecule has 0 radical (unpaired) electrons. The molecule has 0 aliphatic rings. The second-order valence-electron chi connectivity index (χ2n) is 3.88. The molecule has 0 aliphatic carbocycles. The SMILES string of the molecule is COc1cccc(-c2cc(-c3cccs3)[nH]n2)c1. The van der Waals surface area contributed by atoms with Gasteiger partial charge in [-0.15, -0.1) is 11.3 Å². The zero-order valence-electron chi connectivity index (χ0n) is 9.88. The Morgan fingerprint density at radius 3 is 2.89 bits per heavy atom. The Hall–Kier alpha value is -2.07. The van der Waals surface area contributed by atoms with Gasteiger partial charge >= 0.3 is 0 Å². The molecule has 90 valence electrons. The van der Waals surface area contributed by atoms with E-state index in [1.54, 1.807) is 18.4 Å². The van der Waals surface area contributed by atoms with Crippen molar-refractivity contribution in [1.29, 1.82) is 0 Å². The summed E-state index contributed by atoms with van der Waals surface area (Å²) in [4.78, 5) is 1.19. The first-order valence-corrected chi connectivity index (χ1v) is 6.48. The molecule has 0 fully saturated rings. The van der Waals surface area contributed by atoms with Gasteiger partial charge in [0.15, 0.2) is 0 Å². The number of nitrogens with zero attached hydrogens (tertiary/aromatic N) is 1. The minimum atomic E-state index is 0.841. The van der Waals surface area contributed by atoms with Crippen molar-refractivity contribution in [3.05, 3.63) is 47.8 Å². The van der Waals surface area contributed by atoms with E-state index in [1.807, 2.05) is 30.3 Å². The first-order valence-electron chi connectivity index (χ1n) is 5.60. The van der Waals surface area contributed by atoms with E-state index < -0.39 is 0 Å². The van der Waals surface area contributed by atoms with Crippen molar-refractivity contribution >= 4 is 11.3 Å². The van der Waals surface area contributed by atoms with Gasteiger partial charge in [0.25, 0.3) is 0 Å². The van der Waals surface area contributed by atoms with Crippen LogP contribution < -0.4 is 4.74 Å². The van der Waals surface area contributed by atoms with Gasteiger partial charge in [-0.1, -0.05) is 18.2 Å². The molecule has 0 atom stereocenters. The van der Waals surface area contributed by atoms with Crippen molar-refractivity contribution in [2.45, 2.75) is 0 Å². The van der Waals surface area contributed by atoms with Gasteiger partial charge in [0, 0.05) is 5.56 Å². The Morgan fingerprint density at radius 1 is 1.17 bits per heavy atom. The van der Waals surface area contributed by atoms with Crippen LogP contribution in [-0.2, 0) is 0 Å². The normalized spacial score (nSPS) is 10.5. The molecule has 3 aromatic rings. The second kappa shape index (κ2) is 4.66. The number of aromatic nitrogens is 2. The van der Waals surface area contributed by atoms with E-state index in [0.717, 1.165) is 22.7 Å². The van der Waals surface area contributed by atoms with Crippen molar-refractivity contribution < 1.29 is 4.74 Å². The fourth-order valence-electron chi connectivity index (χ4n) is 1.81. The summed E-state index contributed by atoms with van der Waals surface area (Å²) in [5.41, 5.74) is 3.02. The average Bonchev–Trinajstić information content (AvgIpc) is 3.09. The van der Waals surface area contributed by atoms with E-state index in [1.165, 1.54) is 4.88 Å². The van der Waals surface area contributed by atoms with Crippen LogP contribution in [0.4, 0.5) is 0 Å². The smallest absolute Gasteiger partial charge is 0.119 e. The molecular formula is C14H12N2OS. The number of aromatic amines is 1. The van der Waals surface area contributed by atoms with Crippen LogP contribution in [0.1, 0.15) is 0 Å². The third-order valence-electron chi connectivity index (χ3n) is 2.73. The predicted molar refractivity (Wildman–Crippen MR) is 73.9 cm³/mol. The zero-order valence-corrected chi connectivity index (χ0v) is 10.7. The molecule has 2 heterocycles. The summed E-state index contributed by atoms with van der Waals surface area (Å²) in [5.74, 6) is 0.841. The lowest BCUT2D eigenvalue weighted by molar-refractivity contribution is 0.415. The lowest BCUT2D eigenvalue weighted by Gasteiger charge is -2.00. The van der Waals surface area contributed by atoms with Gasteiger partial charge in [0.1, 0.15) is 5.75 Å². The van der Waals surface area contributed by atoms with Crippen molar-refractivity contribution in [3.63, 3.8) is 0 Å². The highest BCUT2D eigenvalue weighted by atomic mass is 32.1. The van der Waals surface area contributed by atoms with Gasteiger partial charge in [0.2, 0.25) is 0 Å². The fourth-order valence-corrected chi connectivity index (χ4v) is 2.50. The van der Waals surface area contributed by atoms with Gasteiger partial charge in [0.05, 0.1) is 23.4 Å². The van der Waals surface area contributed by atoms with Crippen LogP contribution in [0.5, 0.6) is 5.75 Å². The number of nitrogens with one attached hydrogen (secondary N) is 1. The summed E-state index contributed by atoms with van der Waals surface area (Å²) in [6.45, 7) is 0. The molecule has 0 amide bonds. The first-order chi connectivity index (χ1) is 8.86. The summed E-state index contributed by atoms with van der Waals surface area (Å²) in [5, 5.41) is 9.46. The molecule has 0 saturated heterocycles. The maximum atomic E-state index is 5.22. The fraction of sp³-hybridized carbons (Fsp3) is 0.0714. The number of methoxy groups -OCH3 is 1. The standard InChI is InChI=1S/C14H12N2OS/c1-17-11-5-2-4-10(8-11)12-9-13(16-15-12)14-6-3-7-18-14/h2-9H,1H3,(H,15,16). The molecule has 0 spiro atoms. The maximum Gasteiger partial charge on any atom is 0.119 e. The highest BCUT2D eigenvalue weighted by molar-refractivity contribution is 7.13. The number of H-pyrrole nitrogens is 1. The van der Waals surface area contributed by atoms with Crippen LogP contribution in [0.25, 0.3) is 21.8 Å². The third-order valence-corrected chi connectivity index (χ3v) is 3.63. The number of thiophene rings is 1. The molecule has 0 bridgehead atoms. The molecule has 0 aliphatic heterocycles. The highest BCUT2D eigenvalue weighted by Gasteiger charge is 2.07. The zero-order chi connectivity index (χ0) is 12.4. The molecule has 18 heavy (non-hydrogen) atoms. The molecule has 0 unspecified atom stereocenters. The third kappa shape index (κ3) is 2.02. The lowest BCUT2D eigenvalue weighted by atomic mass is 10.1. The lowest BCUT2D eigenvalue weighted by Crippen LogP contribution is -1.83. The molecule has 4 heteroatoms. The Bertz CT molecular complexity index is 643. The van der Waals surface area contributed by atoms with Crippen LogP contribution in [0.15, 0.2) is 47.8 Å². The van der Waals surface area contributed by atoms with E-state index >= 15 is 0 Å². The van der Waals surface area contributed by atoms with Crippen molar-refractivity contribution in [2.75, 3.05) is 7.11 Å². The largest absolute Gasteiger partial charge is 0.497 e. The molecule has 2 aromatic heterocycles. The number of hydrogen-bond donors (Lipinski definition) is 1. The second-order valence-corrected chi connectivity index (χ2v) is 4.82. The number of ether oxygens (including phenoxy) is 1. The molecule has 0 saturated carbocycles. The predicted octanol–water partition coefficient (Wildman–Crippen LogP) is 3.81. The Labute approximate surface area is 109 Å². The van der Waals surface area contributed by atoms with Gasteiger partial charge in [-0.3, -0.25) is 5.10 Å². The molecule has 3 rings (SSSR count). The van der Waals surface area contributed by atoms with E-state index in [2.05, 4.69) is 27.7 Å². The number of rotatable bonds is 3. The molecule has 1 aromatic carbocycles. The number of benzene rings is 1.